The molecule has 1 aromatic carbocycles. The summed E-state index contributed by atoms with van der Waals surface area (Å²) in [6.45, 7) is 9.79. The molecule has 1 unspecified atom stereocenters. The molecule has 1 atom stereocenters. The molecule has 0 radical (unpaired) electrons. The molecule has 2 aromatic rings. The van der Waals surface area contributed by atoms with Crippen LogP contribution in [-0.4, -0.2) is 22.3 Å². The summed E-state index contributed by atoms with van der Waals surface area (Å²) in [6, 6.07) is 10.6. The normalized spacial score (nSPS) is 13.0. The topological polar surface area (TPSA) is 54.2 Å². The van der Waals surface area contributed by atoms with E-state index in [1.807, 2.05) is 24.7 Å². The number of aromatic nitrogens is 2. The van der Waals surface area contributed by atoms with E-state index in [0.717, 1.165) is 18.2 Å². The molecule has 0 aliphatic rings. The van der Waals surface area contributed by atoms with Crippen molar-refractivity contribution in [3.8, 4) is 0 Å². The Hall–Kier alpha value is -2.30. The Labute approximate surface area is 138 Å². The van der Waals surface area contributed by atoms with Crippen LogP contribution in [0, 0.1) is 13.8 Å². The lowest BCUT2D eigenvalue weighted by molar-refractivity contribution is 0.686. The van der Waals surface area contributed by atoms with Gasteiger partial charge in [-0.1, -0.05) is 30.3 Å². The average molecular weight is 313 g/mol. The second-order valence-electron chi connectivity index (χ2n) is 5.74. The largest absolute Gasteiger partial charge is 0.357 e. The van der Waals surface area contributed by atoms with Gasteiger partial charge in [0.05, 0.1) is 18.3 Å². The van der Waals surface area contributed by atoms with E-state index in [4.69, 9.17) is 4.99 Å². The fraction of sp³-hybridized carbons (Fsp3) is 0.444. The highest BCUT2D eigenvalue weighted by Gasteiger charge is 2.10. The first-order chi connectivity index (χ1) is 11.0. The van der Waals surface area contributed by atoms with E-state index < -0.39 is 0 Å². The van der Waals surface area contributed by atoms with Crippen LogP contribution in [0.4, 0.5) is 0 Å². The predicted molar refractivity (Wildman–Crippen MR) is 95.5 cm³/mol. The molecule has 23 heavy (non-hydrogen) atoms. The number of nitrogens with one attached hydrogen (secondary N) is 2. The van der Waals surface area contributed by atoms with Gasteiger partial charge in [0.25, 0.3) is 0 Å². The second-order valence-corrected chi connectivity index (χ2v) is 5.74. The van der Waals surface area contributed by atoms with Crippen LogP contribution in [0.15, 0.2) is 35.3 Å². The number of aryl methyl sites for hydroxylation is 2. The Morgan fingerprint density at radius 3 is 2.52 bits per heavy atom. The Morgan fingerprint density at radius 2 is 1.96 bits per heavy atom. The SMILES string of the molecule is CCNC(=NCc1c(C)nn(C)c1C)NC(C)c1ccccc1. The highest BCUT2D eigenvalue weighted by molar-refractivity contribution is 5.80. The molecule has 1 aromatic heterocycles. The molecule has 2 rings (SSSR count). The average Bonchev–Trinajstić information content (AvgIpc) is 2.79. The van der Waals surface area contributed by atoms with Gasteiger partial charge < -0.3 is 10.6 Å². The fourth-order valence-corrected chi connectivity index (χ4v) is 2.55. The number of hydrogen-bond acceptors (Lipinski definition) is 2. The first-order valence-corrected chi connectivity index (χ1v) is 8.11. The summed E-state index contributed by atoms with van der Waals surface area (Å²) in [5.74, 6) is 0.825. The molecule has 5 nitrogen and oxygen atoms in total. The maximum atomic E-state index is 4.73. The zero-order chi connectivity index (χ0) is 16.8. The van der Waals surface area contributed by atoms with E-state index in [-0.39, 0.29) is 6.04 Å². The summed E-state index contributed by atoms with van der Waals surface area (Å²) in [7, 11) is 1.97. The lowest BCUT2D eigenvalue weighted by Gasteiger charge is -2.18. The summed E-state index contributed by atoms with van der Waals surface area (Å²) in [5, 5.41) is 11.2. The predicted octanol–water partition coefficient (Wildman–Crippen LogP) is 2.85. The van der Waals surface area contributed by atoms with Crippen molar-refractivity contribution >= 4 is 5.96 Å². The quantitative estimate of drug-likeness (QED) is 0.659. The highest BCUT2D eigenvalue weighted by Crippen LogP contribution is 2.14. The van der Waals surface area contributed by atoms with E-state index in [9.17, 15) is 0 Å². The van der Waals surface area contributed by atoms with Crippen molar-refractivity contribution in [2.45, 2.75) is 40.3 Å². The zero-order valence-corrected chi connectivity index (χ0v) is 14.7. The fourth-order valence-electron chi connectivity index (χ4n) is 2.55. The van der Waals surface area contributed by atoms with Crippen LogP contribution in [0.3, 0.4) is 0 Å². The second kappa shape index (κ2) is 7.81. The standard InChI is InChI=1S/C18H27N5/c1-6-19-18(21-13(2)16-10-8-7-9-11-16)20-12-17-14(3)22-23(5)15(17)4/h7-11,13H,6,12H2,1-5H3,(H2,19,20,21). The molecule has 0 saturated carbocycles. The van der Waals surface area contributed by atoms with Gasteiger partial charge in [-0.25, -0.2) is 4.99 Å². The van der Waals surface area contributed by atoms with E-state index in [2.05, 4.69) is 60.8 Å². The van der Waals surface area contributed by atoms with Crippen LogP contribution in [0.5, 0.6) is 0 Å². The molecule has 0 saturated heterocycles. The van der Waals surface area contributed by atoms with Crippen molar-refractivity contribution in [1.29, 1.82) is 0 Å². The van der Waals surface area contributed by atoms with Crippen molar-refractivity contribution in [2.24, 2.45) is 12.0 Å². The minimum absolute atomic E-state index is 0.199. The van der Waals surface area contributed by atoms with Crippen LogP contribution in [-0.2, 0) is 13.6 Å². The van der Waals surface area contributed by atoms with Gasteiger partial charge in [0.15, 0.2) is 5.96 Å². The van der Waals surface area contributed by atoms with Crippen molar-refractivity contribution in [3.63, 3.8) is 0 Å². The maximum Gasteiger partial charge on any atom is 0.192 e. The Bertz CT molecular complexity index is 658. The van der Waals surface area contributed by atoms with Crippen molar-refractivity contribution < 1.29 is 0 Å². The lowest BCUT2D eigenvalue weighted by atomic mass is 10.1. The van der Waals surface area contributed by atoms with Gasteiger partial charge in [-0.2, -0.15) is 5.10 Å². The van der Waals surface area contributed by atoms with E-state index in [1.54, 1.807) is 0 Å². The van der Waals surface area contributed by atoms with Crippen molar-refractivity contribution in [3.05, 3.63) is 52.8 Å². The van der Waals surface area contributed by atoms with E-state index in [0.29, 0.717) is 6.54 Å². The number of aliphatic imine (C=N–C) groups is 1. The molecule has 0 aliphatic heterocycles. The molecule has 2 N–H and O–H groups in total. The van der Waals surface area contributed by atoms with Crippen molar-refractivity contribution in [1.82, 2.24) is 20.4 Å². The molecule has 0 aliphatic carbocycles. The minimum Gasteiger partial charge on any atom is -0.357 e. The Morgan fingerprint density at radius 1 is 1.26 bits per heavy atom. The van der Waals surface area contributed by atoms with E-state index >= 15 is 0 Å². The molecule has 0 spiro atoms. The first kappa shape index (κ1) is 17.1. The summed E-state index contributed by atoms with van der Waals surface area (Å²) in [4.78, 5) is 4.73. The molecule has 5 heteroatoms. The third-order valence-corrected chi connectivity index (χ3v) is 4.05. The molecule has 1 heterocycles. The van der Waals surface area contributed by atoms with Gasteiger partial charge in [0.1, 0.15) is 0 Å². The third-order valence-electron chi connectivity index (χ3n) is 4.05. The first-order valence-electron chi connectivity index (χ1n) is 8.11. The van der Waals surface area contributed by atoms with Crippen LogP contribution < -0.4 is 10.6 Å². The molecule has 0 amide bonds. The molecule has 124 valence electrons. The van der Waals surface area contributed by atoms with Crippen LogP contribution in [0.1, 0.15) is 42.4 Å². The highest BCUT2D eigenvalue weighted by atomic mass is 15.3. The zero-order valence-electron chi connectivity index (χ0n) is 14.7. The summed E-state index contributed by atoms with van der Waals surface area (Å²) >= 11 is 0. The molecular formula is C18H27N5. The number of benzene rings is 1. The van der Waals surface area contributed by atoms with Crippen LogP contribution in [0.2, 0.25) is 0 Å². The van der Waals surface area contributed by atoms with E-state index in [1.165, 1.54) is 16.8 Å². The molecule has 0 fully saturated rings. The number of hydrogen-bond donors (Lipinski definition) is 2. The number of guanidine groups is 1. The number of rotatable bonds is 5. The minimum atomic E-state index is 0.199. The monoisotopic (exact) mass is 313 g/mol. The Kier molecular flexibility index (Phi) is 5.79. The summed E-state index contributed by atoms with van der Waals surface area (Å²) in [6.07, 6.45) is 0. The van der Waals surface area contributed by atoms with Gasteiger partial charge in [-0.3, -0.25) is 4.68 Å². The molecular weight excluding hydrogens is 286 g/mol. The summed E-state index contributed by atoms with van der Waals surface area (Å²) < 4.78 is 1.91. The van der Waals surface area contributed by atoms with Gasteiger partial charge in [0, 0.05) is 24.8 Å². The Balaban J connectivity index is 2.11. The van der Waals surface area contributed by atoms with Crippen LogP contribution >= 0.6 is 0 Å². The maximum absolute atomic E-state index is 4.73. The van der Waals surface area contributed by atoms with Crippen molar-refractivity contribution in [2.75, 3.05) is 6.54 Å². The van der Waals surface area contributed by atoms with Crippen LogP contribution in [0.25, 0.3) is 0 Å². The molecule has 0 bridgehead atoms. The third kappa shape index (κ3) is 4.34. The summed E-state index contributed by atoms with van der Waals surface area (Å²) in [5.41, 5.74) is 4.64. The van der Waals surface area contributed by atoms with Gasteiger partial charge in [-0.05, 0) is 33.3 Å². The lowest BCUT2D eigenvalue weighted by Crippen LogP contribution is -2.38. The van der Waals surface area contributed by atoms with Gasteiger partial charge in [-0.15, -0.1) is 0 Å². The van der Waals surface area contributed by atoms with Gasteiger partial charge in [0.2, 0.25) is 0 Å². The number of nitrogens with zero attached hydrogens (tertiary/aromatic N) is 3. The smallest absolute Gasteiger partial charge is 0.192 e. The van der Waals surface area contributed by atoms with Gasteiger partial charge >= 0.3 is 0 Å².